The molecule has 7 heteroatoms. The summed E-state index contributed by atoms with van der Waals surface area (Å²) >= 11 is 9.06. The number of oxime groups is 1. The molecule has 0 aliphatic rings. The molecule has 3 rings (SSSR count). The van der Waals surface area contributed by atoms with Gasteiger partial charge in [-0.25, -0.2) is 9.78 Å². The van der Waals surface area contributed by atoms with E-state index in [1.165, 1.54) is 23.4 Å². The number of nitrogens with zero attached hydrogens (tertiary/aromatic N) is 2. The SMILES string of the molecule is O=C(O/N=C/c1ccc(-c2cccs2)s1)c1cccnc1Cl. The minimum Gasteiger partial charge on any atom is -0.313 e. The smallest absolute Gasteiger partial charge is 0.313 e. The van der Waals surface area contributed by atoms with Crippen molar-refractivity contribution < 1.29 is 9.63 Å². The topological polar surface area (TPSA) is 51.5 Å². The summed E-state index contributed by atoms with van der Waals surface area (Å²) in [5, 5.41) is 5.83. The van der Waals surface area contributed by atoms with Crippen LogP contribution >= 0.6 is 34.3 Å². The van der Waals surface area contributed by atoms with Crippen molar-refractivity contribution in [3.05, 3.63) is 63.6 Å². The monoisotopic (exact) mass is 348 g/mol. The van der Waals surface area contributed by atoms with Crippen LogP contribution in [0.2, 0.25) is 5.15 Å². The first-order valence-electron chi connectivity index (χ1n) is 6.23. The van der Waals surface area contributed by atoms with Crippen LogP contribution in [0.1, 0.15) is 15.2 Å². The largest absolute Gasteiger partial charge is 0.368 e. The van der Waals surface area contributed by atoms with E-state index >= 15 is 0 Å². The van der Waals surface area contributed by atoms with Crippen LogP contribution in [0.25, 0.3) is 9.75 Å². The summed E-state index contributed by atoms with van der Waals surface area (Å²) in [4.78, 5) is 23.7. The van der Waals surface area contributed by atoms with E-state index < -0.39 is 5.97 Å². The van der Waals surface area contributed by atoms with Gasteiger partial charge in [-0.05, 0) is 35.7 Å². The Morgan fingerprint density at radius 2 is 2.14 bits per heavy atom. The van der Waals surface area contributed by atoms with Crippen LogP contribution in [0.3, 0.4) is 0 Å². The Balaban J connectivity index is 1.65. The van der Waals surface area contributed by atoms with E-state index in [9.17, 15) is 4.79 Å². The molecule has 0 aliphatic carbocycles. The van der Waals surface area contributed by atoms with Crippen molar-refractivity contribution in [3.63, 3.8) is 0 Å². The summed E-state index contributed by atoms with van der Waals surface area (Å²) in [6.07, 6.45) is 3.00. The Kier molecular flexibility index (Phi) is 4.62. The highest BCUT2D eigenvalue weighted by molar-refractivity contribution is 7.22. The Morgan fingerprint density at radius 3 is 2.91 bits per heavy atom. The van der Waals surface area contributed by atoms with E-state index in [0.29, 0.717) is 0 Å². The van der Waals surface area contributed by atoms with E-state index in [-0.39, 0.29) is 10.7 Å². The lowest BCUT2D eigenvalue weighted by atomic mass is 10.3. The van der Waals surface area contributed by atoms with Crippen LogP contribution in [0.5, 0.6) is 0 Å². The summed E-state index contributed by atoms with van der Waals surface area (Å²) < 4.78 is 0. The third kappa shape index (κ3) is 3.41. The van der Waals surface area contributed by atoms with Crippen molar-refractivity contribution in [2.24, 2.45) is 5.16 Å². The lowest BCUT2D eigenvalue weighted by Gasteiger charge is -1.98. The molecular formula is C15H9ClN2O2S2. The van der Waals surface area contributed by atoms with Gasteiger partial charge in [0.1, 0.15) is 5.15 Å². The highest BCUT2D eigenvalue weighted by Gasteiger charge is 2.12. The fraction of sp³-hybridized carbons (Fsp3) is 0. The molecule has 0 fully saturated rings. The molecule has 3 aromatic rings. The maximum atomic E-state index is 11.8. The molecule has 0 spiro atoms. The second-order valence-corrected chi connectivity index (χ2v) is 6.56. The van der Waals surface area contributed by atoms with Gasteiger partial charge in [-0.2, -0.15) is 0 Å². The van der Waals surface area contributed by atoms with Gasteiger partial charge < -0.3 is 4.84 Å². The van der Waals surface area contributed by atoms with Crippen molar-refractivity contribution in [3.8, 4) is 9.75 Å². The van der Waals surface area contributed by atoms with E-state index in [2.05, 4.69) is 16.2 Å². The van der Waals surface area contributed by atoms with Gasteiger partial charge in [0.25, 0.3) is 0 Å². The molecule has 0 atom stereocenters. The van der Waals surface area contributed by atoms with E-state index in [1.807, 2.05) is 23.6 Å². The van der Waals surface area contributed by atoms with Crippen molar-refractivity contribution in [1.29, 1.82) is 0 Å². The molecule has 0 unspecified atom stereocenters. The standard InChI is InChI=1S/C15H9ClN2O2S2/c16-14-11(3-1-7-17-14)15(19)20-18-9-10-5-6-13(22-10)12-4-2-8-21-12/h1-9H/b18-9+. The highest BCUT2D eigenvalue weighted by Crippen LogP contribution is 2.30. The Morgan fingerprint density at radius 1 is 1.23 bits per heavy atom. The minimum absolute atomic E-state index is 0.0961. The van der Waals surface area contributed by atoms with Crippen molar-refractivity contribution in [2.75, 3.05) is 0 Å². The normalized spacial score (nSPS) is 11.0. The molecule has 3 aromatic heterocycles. The Hall–Kier alpha value is -2.02. The Bertz CT molecular complexity index is 813. The zero-order valence-electron chi connectivity index (χ0n) is 11.1. The molecule has 0 aliphatic heterocycles. The maximum absolute atomic E-state index is 11.8. The number of hydrogen-bond acceptors (Lipinski definition) is 6. The molecule has 3 heterocycles. The average molecular weight is 349 g/mol. The number of aromatic nitrogens is 1. The zero-order chi connectivity index (χ0) is 15.4. The minimum atomic E-state index is -0.635. The van der Waals surface area contributed by atoms with Crippen LogP contribution in [-0.4, -0.2) is 17.2 Å². The third-order valence-corrected chi connectivity index (χ3v) is 5.07. The predicted molar refractivity (Wildman–Crippen MR) is 89.9 cm³/mol. The number of hydrogen-bond donors (Lipinski definition) is 0. The maximum Gasteiger partial charge on any atom is 0.368 e. The molecular weight excluding hydrogens is 340 g/mol. The summed E-state index contributed by atoms with van der Waals surface area (Å²) in [5.41, 5.74) is 0.187. The summed E-state index contributed by atoms with van der Waals surface area (Å²) in [6.45, 7) is 0. The first-order chi connectivity index (χ1) is 10.7. The van der Waals surface area contributed by atoms with E-state index in [1.54, 1.807) is 28.7 Å². The van der Waals surface area contributed by atoms with Gasteiger partial charge in [-0.1, -0.05) is 22.8 Å². The van der Waals surface area contributed by atoms with Crippen molar-refractivity contribution >= 4 is 46.5 Å². The van der Waals surface area contributed by atoms with E-state index in [4.69, 9.17) is 16.4 Å². The molecule has 0 bridgehead atoms. The molecule has 110 valence electrons. The quantitative estimate of drug-likeness (QED) is 0.297. The van der Waals surface area contributed by atoms with Gasteiger partial charge in [-0.3, -0.25) is 0 Å². The molecule has 22 heavy (non-hydrogen) atoms. The molecule has 0 N–H and O–H groups in total. The summed E-state index contributed by atoms with van der Waals surface area (Å²) in [6, 6.07) is 11.1. The predicted octanol–water partition coefficient (Wildman–Crippen LogP) is 4.72. The number of carbonyl (C=O) groups excluding carboxylic acids is 1. The fourth-order valence-electron chi connectivity index (χ4n) is 1.69. The lowest BCUT2D eigenvalue weighted by molar-refractivity contribution is 0.0519. The molecule has 0 saturated carbocycles. The first kappa shape index (κ1) is 14.9. The molecule has 0 saturated heterocycles. The number of thiophene rings is 2. The van der Waals surface area contributed by atoms with Gasteiger partial charge in [0, 0.05) is 20.8 Å². The second kappa shape index (κ2) is 6.83. The average Bonchev–Trinajstić information content (AvgIpc) is 3.18. The summed E-state index contributed by atoms with van der Waals surface area (Å²) in [5.74, 6) is -0.635. The lowest BCUT2D eigenvalue weighted by Crippen LogP contribution is -2.02. The van der Waals surface area contributed by atoms with Gasteiger partial charge in [0.05, 0.1) is 11.8 Å². The second-order valence-electron chi connectivity index (χ2n) is 4.13. The van der Waals surface area contributed by atoms with Crippen LogP contribution in [0.15, 0.2) is 53.1 Å². The number of pyridine rings is 1. The molecule has 0 amide bonds. The van der Waals surface area contributed by atoms with Crippen molar-refractivity contribution in [1.82, 2.24) is 4.98 Å². The van der Waals surface area contributed by atoms with Crippen LogP contribution < -0.4 is 0 Å². The fourth-order valence-corrected chi connectivity index (χ4v) is 3.59. The van der Waals surface area contributed by atoms with Crippen LogP contribution in [0, 0.1) is 0 Å². The number of carbonyl (C=O) groups is 1. The zero-order valence-corrected chi connectivity index (χ0v) is 13.5. The van der Waals surface area contributed by atoms with Crippen molar-refractivity contribution in [2.45, 2.75) is 0 Å². The van der Waals surface area contributed by atoms with Gasteiger partial charge in [0.2, 0.25) is 0 Å². The molecule has 0 aromatic carbocycles. The summed E-state index contributed by atoms with van der Waals surface area (Å²) in [7, 11) is 0. The molecule has 4 nitrogen and oxygen atoms in total. The first-order valence-corrected chi connectivity index (χ1v) is 8.30. The Labute approximate surface area is 139 Å². The highest BCUT2D eigenvalue weighted by atomic mass is 35.5. The third-order valence-electron chi connectivity index (χ3n) is 2.69. The molecule has 0 radical (unpaired) electrons. The number of rotatable bonds is 4. The van der Waals surface area contributed by atoms with Gasteiger partial charge >= 0.3 is 5.97 Å². The van der Waals surface area contributed by atoms with Gasteiger partial charge in [0.15, 0.2) is 0 Å². The number of halogens is 1. The van der Waals surface area contributed by atoms with E-state index in [0.717, 1.165) is 9.75 Å². The van der Waals surface area contributed by atoms with Crippen LogP contribution in [0.4, 0.5) is 0 Å². The van der Waals surface area contributed by atoms with Gasteiger partial charge in [-0.15, -0.1) is 22.7 Å². The van der Waals surface area contributed by atoms with Crippen LogP contribution in [-0.2, 0) is 4.84 Å².